The molecule has 0 bridgehead atoms. The number of pyridine rings is 1. The van der Waals surface area contributed by atoms with E-state index in [4.69, 9.17) is 0 Å². The number of rotatable bonds is 4. The van der Waals surface area contributed by atoms with Crippen LogP contribution in [-0.4, -0.2) is 4.98 Å². The van der Waals surface area contributed by atoms with Crippen molar-refractivity contribution < 1.29 is 0 Å². The Labute approximate surface area is 125 Å². The van der Waals surface area contributed by atoms with Crippen LogP contribution in [0.1, 0.15) is 11.1 Å². The third kappa shape index (κ3) is 3.11. The lowest BCUT2D eigenvalue weighted by atomic mass is 10.0. The summed E-state index contributed by atoms with van der Waals surface area (Å²) >= 11 is 0. The molecule has 2 nitrogen and oxygen atoms in total. The number of para-hydroxylation sites is 1. The summed E-state index contributed by atoms with van der Waals surface area (Å²) in [7, 11) is 0. The zero-order valence-electron chi connectivity index (χ0n) is 12.1. The first-order valence-corrected chi connectivity index (χ1v) is 7.13. The van der Waals surface area contributed by atoms with Crippen molar-refractivity contribution in [3.05, 3.63) is 84.1 Å². The molecule has 0 saturated carbocycles. The molecule has 0 atom stereocenters. The van der Waals surface area contributed by atoms with Gasteiger partial charge in [0.2, 0.25) is 0 Å². The average Bonchev–Trinajstić information content (AvgIpc) is 2.55. The Morgan fingerprint density at radius 3 is 2.43 bits per heavy atom. The highest BCUT2D eigenvalue weighted by Gasteiger charge is 2.05. The monoisotopic (exact) mass is 274 g/mol. The molecule has 104 valence electrons. The van der Waals surface area contributed by atoms with Gasteiger partial charge in [-0.2, -0.15) is 0 Å². The number of nitrogens with zero attached hydrogens (tertiary/aromatic N) is 1. The molecule has 0 radical (unpaired) electrons. The summed E-state index contributed by atoms with van der Waals surface area (Å²) in [6, 6.07) is 22.8. The predicted molar refractivity (Wildman–Crippen MR) is 88.2 cm³/mol. The van der Waals surface area contributed by atoms with Crippen LogP contribution >= 0.6 is 0 Å². The molecule has 1 N–H and O–H groups in total. The van der Waals surface area contributed by atoms with Gasteiger partial charge in [0, 0.05) is 24.0 Å². The van der Waals surface area contributed by atoms with E-state index in [0.29, 0.717) is 0 Å². The normalized spacial score (nSPS) is 10.3. The van der Waals surface area contributed by atoms with Gasteiger partial charge in [-0.15, -0.1) is 0 Å². The molecule has 21 heavy (non-hydrogen) atoms. The van der Waals surface area contributed by atoms with E-state index in [1.54, 1.807) is 0 Å². The van der Waals surface area contributed by atoms with Crippen molar-refractivity contribution in [2.24, 2.45) is 0 Å². The van der Waals surface area contributed by atoms with Crippen LogP contribution in [0, 0.1) is 6.92 Å². The molecule has 0 amide bonds. The van der Waals surface area contributed by atoms with E-state index >= 15 is 0 Å². The molecular weight excluding hydrogens is 256 g/mol. The van der Waals surface area contributed by atoms with Crippen molar-refractivity contribution in [3.8, 4) is 11.3 Å². The van der Waals surface area contributed by atoms with Gasteiger partial charge in [0.15, 0.2) is 0 Å². The van der Waals surface area contributed by atoms with Gasteiger partial charge in [0.1, 0.15) is 0 Å². The van der Waals surface area contributed by atoms with E-state index in [2.05, 4.69) is 65.8 Å². The van der Waals surface area contributed by atoms with Crippen LogP contribution in [-0.2, 0) is 6.54 Å². The number of benzene rings is 2. The summed E-state index contributed by atoms with van der Waals surface area (Å²) in [6.45, 7) is 2.91. The first kappa shape index (κ1) is 13.4. The van der Waals surface area contributed by atoms with Gasteiger partial charge >= 0.3 is 0 Å². The summed E-state index contributed by atoms with van der Waals surface area (Å²) in [4.78, 5) is 4.45. The fourth-order valence-corrected chi connectivity index (χ4v) is 2.41. The molecule has 2 aromatic carbocycles. The summed E-state index contributed by atoms with van der Waals surface area (Å²) in [5.74, 6) is 0. The number of hydrogen-bond acceptors (Lipinski definition) is 2. The second kappa shape index (κ2) is 6.23. The van der Waals surface area contributed by atoms with Gasteiger partial charge < -0.3 is 5.32 Å². The van der Waals surface area contributed by atoms with Crippen LogP contribution < -0.4 is 5.32 Å². The highest BCUT2D eigenvalue weighted by Crippen LogP contribution is 2.23. The number of aromatic nitrogens is 1. The second-order valence-corrected chi connectivity index (χ2v) is 5.04. The maximum atomic E-state index is 4.45. The standard InChI is InChI=1S/C19H18N2/c1-15-8-2-5-11-18(15)21-14-16-9-3-4-10-17(16)19-12-6-7-13-20-19/h2-13,21H,14H2,1H3. The third-order valence-corrected chi connectivity index (χ3v) is 3.57. The molecule has 3 rings (SSSR count). The van der Waals surface area contributed by atoms with Gasteiger partial charge in [-0.05, 0) is 36.2 Å². The largest absolute Gasteiger partial charge is 0.381 e. The van der Waals surface area contributed by atoms with Crippen LogP contribution in [0.5, 0.6) is 0 Å². The maximum Gasteiger partial charge on any atom is 0.0705 e. The summed E-state index contributed by atoms with van der Waals surface area (Å²) < 4.78 is 0. The highest BCUT2D eigenvalue weighted by molar-refractivity contribution is 5.64. The molecule has 1 heterocycles. The molecule has 0 saturated heterocycles. The minimum Gasteiger partial charge on any atom is -0.381 e. The van der Waals surface area contributed by atoms with Crippen LogP contribution in [0.3, 0.4) is 0 Å². The summed E-state index contributed by atoms with van der Waals surface area (Å²) in [5, 5.41) is 3.51. The SMILES string of the molecule is Cc1ccccc1NCc1ccccc1-c1ccccn1. The fourth-order valence-electron chi connectivity index (χ4n) is 2.41. The van der Waals surface area contributed by atoms with Crippen molar-refractivity contribution in [2.45, 2.75) is 13.5 Å². The Hall–Kier alpha value is -2.61. The summed E-state index contributed by atoms with van der Waals surface area (Å²) in [6.07, 6.45) is 1.83. The topological polar surface area (TPSA) is 24.9 Å². The third-order valence-electron chi connectivity index (χ3n) is 3.57. The summed E-state index contributed by atoms with van der Waals surface area (Å²) in [5.41, 5.74) is 5.87. The number of nitrogens with one attached hydrogen (secondary N) is 1. The average molecular weight is 274 g/mol. The van der Waals surface area contributed by atoms with E-state index in [0.717, 1.165) is 12.2 Å². The molecule has 0 aliphatic heterocycles. The lowest BCUT2D eigenvalue weighted by Gasteiger charge is -2.12. The van der Waals surface area contributed by atoms with Crippen LogP contribution in [0.4, 0.5) is 5.69 Å². The van der Waals surface area contributed by atoms with Gasteiger partial charge in [-0.3, -0.25) is 4.98 Å². The smallest absolute Gasteiger partial charge is 0.0705 e. The van der Waals surface area contributed by atoms with E-state index in [1.807, 2.05) is 24.4 Å². The van der Waals surface area contributed by atoms with E-state index in [9.17, 15) is 0 Å². The van der Waals surface area contributed by atoms with E-state index in [1.165, 1.54) is 22.4 Å². The van der Waals surface area contributed by atoms with E-state index < -0.39 is 0 Å². The lowest BCUT2D eigenvalue weighted by Crippen LogP contribution is -2.02. The zero-order chi connectivity index (χ0) is 14.5. The van der Waals surface area contributed by atoms with Crippen molar-refractivity contribution >= 4 is 5.69 Å². The zero-order valence-corrected chi connectivity index (χ0v) is 12.1. The molecule has 0 spiro atoms. The molecule has 0 aliphatic rings. The molecule has 2 heteroatoms. The van der Waals surface area contributed by atoms with Gasteiger partial charge in [0.25, 0.3) is 0 Å². The fraction of sp³-hybridized carbons (Fsp3) is 0.105. The van der Waals surface area contributed by atoms with Crippen molar-refractivity contribution in [2.75, 3.05) is 5.32 Å². The van der Waals surface area contributed by atoms with Gasteiger partial charge in [-0.25, -0.2) is 0 Å². The maximum absolute atomic E-state index is 4.45. The Bertz CT molecular complexity index is 720. The molecule has 0 fully saturated rings. The first-order chi connectivity index (χ1) is 10.3. The van der Waals surface area contributed by atoms with Crippen LogP contribution in [0.25, 0.3) is 11.3 Å². The quantitative estimate of drug-likeness (QED) is 0.748. The second-order valence-electron chi connectivity index (χ2n) is 5.04. The van der Waals surface area contributed by atoms with E-state index in [-0.39, 0.29) is 0 Å². The molecule has 3 aromatic rings. The molecule has 1 aromatic heterocycles. The molecular formula is C19H18N2. The lowest BCUT2D eigenvalue weighted by molar-refractivity contribution is 1.13. The Balaban J connectivity index is 1.85. The van der Waals surface area contributed by atoms with Crippen LogP contribution in [0.15, 0.2) is 72.9 Å². The Morgan fingerprint density at radius 1 is 0.857 bits per heavy atom. The van der Waals surface area contributed by atoms with Crippen molar-refractivity contribution in [1.29, 1.82) is 0 Å². The first-order valence-electron chi connectivity index (χ1n) is 7.13. The number of anilines is 1. The minimum atomic E-state index is 0.789. The number of aryl methyl sites for hydroxylation is 1. The molecule has 0 unspecified atom stereocenters. The number of hydrogen-bond donors (Lipinski definition) is 1. The predicted octanol–water partition coefficient (Wildman–Crippen LogP) is 4.67. The van der Waals surface area contributed by atoms with Crippen molar-refractivity contribution in [3.63, 3.8) is 0 Å². The minimum absolute atomic E-state index is 0.789. The van der Waals surface area contributed by atoms with Gasteiger partial charge in [0.05, 0.1) is 5.69 Å². The van der Waals surface area contributed by atoms with Gasteiger partial charge in [-0.1, -0.05) is 48.5 Å². The van der Waals surface area contributed by atoms with Crippen LogP contribution in [0.2, 0.25) is 0 Å². The van der Waals surface area contributed by atoms with Crippen molar-refractivity contribution in [1.82, 2.24) is 4.98 Å². The Kier molecular flexibility index (Phi) is 3.97. The Morgan fingerprint density at radius 2 is 1.62 bits per heavy atom. The highest BCUT2D eigenvalue weighted by atomic mass is 14.9. The molecule has 0 aliphatic carbocycles.